The number of tetrazole rings is 1. The number of rotatable bonds is 7. The summed E-state index contributed by atoms with van der Waals surface area (Å²) in [6.45, 7) is 3.62. The van der Waals surface area contributed by atoms with Gasteiger partial charge >= 0.3 is 0 Å². The van der Waals surface area contributed by atoms with Gasteiger partial charge in [-0.05, 0) is 54.6 Å². The lowest BCUT2D eigenvalue weighted by atomic mass is 10.2. The number of amides is 1. The van der Waals surface area contributed by atoms with Gasteiger partial charge in [0.15, 0.2) is 15.7 Å². The van der Waals surface area contributed by atoms with Crippen molar-refractivity contribution in [2.24, 2.45) is 0 Å². The van der Waals surface area contributed by atoms with E-state index in [4.69, 9.17) is 4.74 Å². The Balaban J connectivity index is 1.71. The van der Waals surface area contributed by atoms with E-state index in [0.29, 0.717) is 22.9 Å². The lowest BCUT2D eigenvalue weighted by Gasteiger charge is -2.12. The van der Waals surface area contributed by atoms with E-state index in [2.05, 4.69) is 20.8 Å². The monoisotopic (exact) mass is 415 g/mol. The molecule has 10 heteroatoms. The Hall–Kier alpha value is -3.27. The van der Waals surface area contributed by atoms with Crippen molar-refractivity contribution in [2.45, 2.75) is 25.2 Å². The van der Waals surface area contributed by atoms with Crippen LogP contribution in [0.15, 0.2) is 47.4 Å². The van der Waals surface area contributed by atoms with Gasteiger partial charge in [0.1, 0.15) is 11.4 Å². The molecule has 1 amide bonds. The highest BCUT2D eigenvalue weighted by atomic mass is 32.2. The summed E-state index contributed by atoms with van der Waals surface area (Å²) >= 11 is 0. The third kappa shape index (κ3) is 4.77. The lowest BCUT2D eigenvalue weighted by molar-refractivity contribution is -0.115. The minimum Gasteiger partial charge on any atom is -0.494 e. The van der Waals surface area contributed by atoms with Gasteiger partial charge in [0.25, 0.3) is 0 Å². The van der Waals surface area contributed by atoms with Crippen molar-refractivity contribution in [1.29, 1.82) is 0 Å². The van der Waals surface area contributed by atoms with Crippen LogP contribution < -0.4 is 10.1 Å². The Kier molecular flexibility index (Phi) is 5.92. The number of ether oxygens (including phenoxy) is 1. The Morgan fingerprint density at radius 2 is 1.86 bits per heavy atom. The quantitative estimate of drug-likeness (QED) is 0.628. The molecule has 3 aromatic rings. The minimum atomic E-state index is -3.54. The average Bonchev–Trinajstić information content (AvgIpc) is 3.12. The van der Waals surface area contributed by atoms with E-state index >= 15 is 0 Å². The van der Waals surface area contributed by atoms with Crippen LogP contribution in [0.2, 0.25) is 0 Å². The molecule has 0 spiro atoms. The molecule has 1 heterocycles. The SMILES string of the molecule is COc1ccc(NC(=O)CCS(=O)(=O)c2ccc(C)cc2)cc1-n1nnnc1C. The van der Waals surface area contributed by atoms with Gasteiger partial charge in [-0.1, -0.05) is 17.7 Å². The molecule has 0 aliphatic rings. The molecule has 152 valence electrons. The van der Waals surface area contributed by atoms with Crippen molar-refractivity contribution in [3.63, 3.8) is 0 Å². The highest BCUT2D eigenvalue weighted by molar-refractivity contribution is 7.91. The van der Waals surface area contributed by atoms with Crippen LogP contribution in [0.5, 0.6) is 5.75 Å². The van der Waals surface area contributed by atoms with Gasteiger partial charge in [-0.3, -0.25) is 4.79 Å². The number of hydrogen-bond acceptors (Lipinski definition) is 7. The number of carbonyl (C=O) groups is 1. The predicted molar refractivity (Wildman–Crippen MR) is 107 cm³/mol. The van der Waals surface area contributed by atoms with Gasteiger partial charge < -0.3 is 10.1 Å². The summed E-state index contributed by atoms with van der Waals surface area (Å²) in [5.41, 5.74) is 2.00. The molecule has 0 aliphatic heterocycles. The number of hydrogen-bond donors (Lipinski definition) is 1. The zero-order valence-electron chi connectivity index (χ0n) is 16.3. The zero-order valence-corrected chi connectivity index (χ0v) is 17.1. The normalized spacial score (nSPS) is 11.3. The van der Waals surface area contributed by atoms with Crippen LogP contribution >= 0.6 is 0 Å². The molecular formula is C19H21N5O4S. The number of aromatic nitrogens is 4. The largest absolute Gasteiger partial charge is 0.494 e. The Bertz CT molecular complexity index is 1120. The molecule has 0 aliphatic carbocycles. The summed E-state index contributed by atoms with van der Waals surface area (Å²) in [5.74, 6) is 0.387. The Labute approximate surface area is 168 Å². The van der Waals surface area contributed by atoms with Crippen molar-refractivity contribution >= 4 is 21.4 Å². The lowest BCUT2D eigenvalue weighted by Crippen LogP contribution is -2.17. The van der Waals surface area contributed by atoms with E-state index in [9.17, 15) is 13.2 Å². The molecule has 0 fully saturated rings. The highest BCUT2D eigenvalue weighted by Crippen LogP contribution is 2.26. The second-order valence-corrected chi connectivity index (χ2v) is 8.56. The third-order valence-electron chi connectivity index (χ3n) is 4.29. The molecule has 2 aromatic carbocycles. The Morgan fingerprint density at radius 3 is 2.48 bits per heavy atom. The number of carbonyl (C=O) groups excluding carboxylic acids is 1. The molecule has 0 bridgehead atoms. The summed E-state index contributed by atoms with van der Waals surface area (Å²) < 4.78 is 31.6. The summed E-state index contributed by atoms with van der Waals surface area (Å²) in [5, 5.41) is 14.1. The van der Waals surface area contributed by atoms with Crippen molar-refractivity contribution < 1.29 is 17.9 Å². The summed E-state index contributed by atoms with van der Waals surface area (Å²) in [6, 6.07) is 11.6. The maximum atomic E-state index is 12.4. The van der Waals surface area contributed by atoms with Crippen molar-refractivity contribution in [2.75, 3.05) is 18.2 Å². The molecule has 0 unspecified atom stereocenters. The highest BCUT2D eigenvalue weighted by Gasteiger charge is 2.17. The number of benzene rings is 2. The van der Waals surface area contributed by atoms with Crippen LogP contribution in [0.25, 0.3) is 5.69 Å². The fourth-order valence-corrected chi connectivity index (χ4v) is 3.94. The number of nitrogens with one attached hydrogen (secondary N) is 1. The first-order valence-corrected chi connectivity index (χ1v) is 10.5. The fraction of sp³-hybridized carbons (Fsp3) is 0.263. The van der Waals surface area contributed by atoms with E-state index in [1.54, 1.807) is 49.4 Å². The van der Waals surface area contributed by atoms with Gasteiger partial charge in [-0.15, -0.1) is 5.10 Å². The number of anilines is 1. The number of methoxy groups -OCH3 is 1. The van der Waals surface area contributed by atoms with Crippen molar-refractivity contribution in [3.8, 4) is 11.4 Å². The number of nitrogens with zero attached hydrogens (tertiary/aromatic N) is 4. The first-order valence-electron chi connectivity index (χ1n) is 8.83. The van der Waals surface area contributed by atoms with Gasteiger partial charge in [0, 0.05) is 12.1 Å². The molecule has 0 saturated carbocycles. The first kappa shape index (κ1) is 20.5. The maximum Gasteiger partial charge on any atom is 0.225 e. The van der Waals surface area contributed by atoms with E-state index in [1.165, 1.54) is 11.8 Å². The van der Waals surface area contributed by atoms with Gasteiger partial charge in [0.05, 0.1) is 17.8 Å². The summed E-state index contributed by atoms with van der Waals surface area (Å²) in [7, 11) is -2.02. The van der Waals surface area contributed by atoms with Gasteiger partial charge in [-0.25, -0.2) is 8.42 Å². The van der Waals surface area contributed by atoms with E-state index in [0.717, 1.165) is 5.56 Å². The minimum absolute atomic E-state index is 0.165. The van der Waals surface area contributed by atoms with Gasteiger partial charge in [0.2, 0.25) is 5.91 Å². The maximum absolute atomic E-state index is 12.4. The smallest absolute Gasteiger partial charge is 0.225 e. The molecular weight excluding hydrogens is 394 g/mol. The van der Waals surface area contributed by atoms with Crippen LogP contribution in [-0.4, -0.2) is 47.4 Å². The second-order valence-electron chi connectivity index (χ2n) is 6.45. The molecule has 0 atom stereocenters. The van der Waals surface area contributed by atoms with Crippen LogP contribution in [0, 0.1) is 13.8 Å². The Morgan fingerprint density at radius 1 is 1.14 bits per heavy atom. The topological polar surface area (TPSA) is 116 Å². The molecule has 3 rings (SSSR count). The average molecular weight is 415 g/mol. The molecule has 9 nitrogen and oxygen atoms in total. The molecule has 1 aromatic heterocycles. The first-order chi connectivity index (χ1) is 13.8. The summed E-state index contributed by atoms with van der Waals surface area (Å²) in [4.78, 5) is 12.5. The van der Waals surface area contributed by atoms with Crippen LogP contribution in [0.3, 0.4) is 0 Å². The standard InChI is InChI=1S/C19H21N5O4S/c1-13-4-7-16(8-5-13)29(26,27)11-10-19(25)20-15-6-9-18(28-3)17(12-15)24-14(2)21-22-23-24/h4-9,12H,10-11H2,1-3H3,(H,20,25). The van der Waals surface area contributed by atoms with Crippen molar-refractivity contribution in [3.05, 3.63) is 53.9 Å². The van der Waals surface area contributed by atoms with Crippen LogP contribution in [-0.2, 0) is 14.6 Å². The molecule has 0 radical (unpaired) electrons. The van der Waals surface area contributed by atoms with E-state index in [1.807, 2.05) is 6.92 Å². The molecule has 1 N–H and O–H groups in total. The van der Waals surface area contributed by atoms with Crippen molar-refractivity contribution in [1.82, 2.24) is 20.2 Å². The predicted octanol–water partition coefficient (Wildman–Crippen LogP) is 2.09. The zero-order chi connectivity index (χ0) is 21.0. The van der Waals surface area contributed by atoms with Gasteiger partial charge in [-0.2, -0.15) is 4.68 Å². The van der Waals surface area contributed by atoms with Crippen LogP contribution in [0.1, 0.15) is 17.8 Å². The van der Waals surface area contributed by atoms with E-state index < -0.39 is 15.7 Å². The second kappa shape index (κ2) is 8.39. The number of aryl methyl sites for hydroxylation is 2. The third-order valence-corrected chi connectivity index (χ3v) is 6.03. The molecule has 0 saturated heterocycles. The molecule has 29 heavy (non-hydrogen) atoms. The number of sulfone groups is 1. The summed E-state index contributed by atoms with van der Waals surface area (Å²) in [6.07, 6.45) is -0.165. The van der Waals surface area contributed by atoms with Crippen LogP contribution in [0.4, 0.5) is 5.69 Å². The fourth-order valence-electron chi connectivity index (χ4n) is 2.70. The van der Waals surface area contributed by atoms with E-state index in [-0.39, 0.29) is 17.1 Å².